The molecule has 2 unspecified atom stereocenters. The number of amides is 1. The number of benzene rings is 1. The molecule has 1 fully saturated rings. The summed E-state index contributed by atoms with van der Waals surface area (Å²) in [6.45, 7) is 3.39. The fourth-order valence-corrected chi connectivity index (χ4v) is 2.76. The lowest BCUT2D eigenvalue weighted by molar-refractivity contribution is 0.0941. The zero-order valence-electron chi connectivity index (χ0n) is 12.8. The van der Waals surface area contributed by atoms with Gasteiger partial charge in [-0.25, -0.2) is 0 Å². The van der Waals surface area contributed by atoms with Crippen molar-refractivity contribution in [3.05, 3.63) is 29.8 Å². The van der Waals surface area contributed by atoms with Gasteiger partial charge in [-0.2, -0.15) is 0 Å². The van der Waals surface area contributed by atoms with Gasteiger partial charge in [0, 0.05) is 18.2 Å². The topological polar surface area (TPSA) is 64.3 Å². The standard InChI is InChI=1S/C17H26N2O2/c1-2-10-21-15-8-5-7-13(11-15)17(20)19-12-14-6-3-4-9-16(14)18/h5,7-8,11,14,16H,2-4,6,9-10,12,18H2,1H3,(H,19,20). The summed E-state index contributed by atoms with van der Waals surface area (Å²) in [6.07, 6.45) is 5.56. The Balaban J connectivity index is 1.87. The summed E-state index contributed by atoms with van der Waals surface area (Å²) in [5.41, 5.74) is 6.76. The molecule has 0 heterocycles. The van der Waals surface area contributed by atoms with Crippen LogP contribution in [0, 0.1) is 5.92 Å². The van der Waals surface area contributed by atoms with Gasteiger partial charge < -0.3 is 15.8 Å². The number of hydrogen-bond acceptors (Lipinski definition) is 3. The third-order valence-corrected chi connectivity index (χ3v) is 4.06. The molecular weight excluding hydrogens is 264 g/mol. The smallest absolute Gasteiger partial charge is 0.251 e. The van der Waals surface area contributed by atoms with Crippen LogP contribution in [0.5, 0.6) is 5.75 Å². The van der Waals surface area contributed by atoms with Gasteiger partial charge in [-0.15, -0.1) is 0 Å². The van der Waals surface area contributed by atoms with Crippen molar-refractivity contribution in [1.29, 1.82) is 0 Å². The van der Waals surface area contributed by atoms with Crippen LogP contribution in [-0.4, -0.2) is 25.1 Å². The van der Waals surface area contributed by atoms with Crippen LogP contribution in [0.2, 0.25) is 0 Å². The Hall–Kier alpha value is -1.55. The first-order chi connectivity index (χ1) is 10.2. The van der Waals surface area contributed by atoms with Crippen molar-refractivity contribution < 1.29 is 9.53 Å². The molecule has 21 heavy (non-hydrogen) atoms. The maximum atomic E-state index is 12.2. The third-order valence-electron chi connectivity index (χ3n) is 4.06. The Bertz CT molecular complexity index is 462. The monoisotopic (exact) mass is 290 g/mol. The summed E-state index contributed by atoms with van der Waals surface area (Å²) >= 11 is 0. The fraction of sp³-hybridized carbons (Fsp3) is 0.588. The molecule has 2 rings (SSSR count). The lowest BCUT2D eigenvalue weighted by Crippen LogP contribution is -2.41. The first-order valence-electron chi connectivity index (χ1n) is 7.97. The zero-order chi connectivity index (χ0) is 15.1. The molecule has 0 aliphatic heterocycles. The molecule has 0 aromatic heterocycles. The second-order valence-corrected chi connectivity index (χ2v) is 5.79. The SMILES string of the molecule is CCCOc1cccc(C(=O)NCC2CCCCC2N)c1. The molecule has 4 heteroatoms. The van der Waals surface area contributed by atoms with Gasteiger partial charge in [-0.1, -0.05) is 25.8 Å². The predicted molar refractivity (Wildman–Crippen MR) is 84.5 cm³/mol. The Kier molecular flexibility index (Phi) is 6.05. The van der Waals surface area contributed by atoms with Crippen molar-refractivity contribution in [3.63, 3.8) is 0 Å². The van der Waals surface area contributed by atoms with Crippen molar-refractivity contribution in [2.45, 2.75) is 45.1 Å². The average Bonchev–Trinajstić information content (AvgIpc) is 2.52. The summed E-state index contributed by atoms with van der Waals surface area (Å²) < 4.78 is 5.56. The van der Waals surface area contributed by atoms with E-state index < -0.39 is 0 Å². The molecular formula is C17H26N2O2. The Morgan fingerprint density at radius 2 is 2.19 bits per heavy atom. The molecule has 3 N–H and O–H groups in total. The number of ether oxygens (including phenoxy) is 1. The molecule has 1 aliphatic carbocycles. The number of hydrogen-bond donors (Lipinski definition) is 2. The number of rotatable bonds is 6. The maximum Gasteiger partial charge on any atom is 0.251 e. The van der Waals surface area contributed by atoms with Gasteiger partial charge >= 0.3 is 0 Å². The van der Waals surface area contributed by atoms with Gasteiger partial charge in [0.2, 0.25) is 0 Å². The second kappa shape index (κ2) is 8.03. The van der Waals surface area contributed by atoms with E-state index in [2.05, 4.69) is 12.2 Å². The van der Waals surface area contributed by atoms with Gasteiger partial charge in [0.25, 0.3) is 5.91 Å². The molecule has 0 bridgehead atoms. The van der Waals surface area contributed by atoms with Crippen LogP contribution in [0.1, 0.15) is 49.4 Å². The molecule has 116 valence electrons. The number of nitrogens with two attached hydrogens (primary N) is 1. The first-order valence-corrected chi connectivity index (χ1v) is 7.97. The summed E-state index contributed by atoms with van der Waals surface area (Å²) in [4.78, 5) is 12.2. The van der Waals surface area contributed by atoms with Crippen molar-refractivity contribution in [3.8, 4) is 5.75 Å². The van der Waals surface area contributed by atoms with E-state index in [1.54, 1.807) is 6.07 Å². The number of carbonyl (C=O) groups is 1. The zero-order valence-corrected chi connectivity index (χ0v) is 12.8. The molecule has 2 atom stereocenters. The molecule has 0 radical (unpaired) electrons. The Labute approximate surface area is 127 Å². The highest BCUT2D eigenvalue weighted by Gasteiger charge is 2.22. The van der Waals surface area contributed by atoms with Crippen LogP contribution in [0.4, 0.5) is 0 Å². The van der Waals surface area contributed by atoms with Gasteiger partial charge in [0.15, 0.2) is 0 Å². The Morgan fingerprint density at radius 3 is 2.95 bits per heavy atom. The molecule has 1 aromatic carbocycles. The lowest BCUT2D eigenvalue weighted by atomic mass is 9.85. The molecule has 1 amide bonds. The van der Waals surface area contributed by atoms with Crippen LogP contribution in [0.3, 0.4) is 0 Å². The highest BCUT2D eigenvalue weighted by Crippen LogP contribution is 2.22. The van der Waals surface area contributed by atoms with Crippen LogP contribution < -0.4 is 15.8 Å². The van der Waals surface area contributed by atoms with Gasteiger partial charge in [0.05, 0.1) is 6.61 Å². The quantitative estimate of drug-likeness (QED) is 0.846. The fourth-order valence-electron chi connectivity index (χ4n) is 2.76. The summed E-state index contributed by atoms with van der Waals surface area (Å²) in [5.74, 6) is 1.11. The highest BCUT2D eigenvalue weighted by molar-refractivity contribution is 5.94. The van der Waals surface area contributed by atoms with Crippen molar-refractivity contribution in [1.82, 2.24) is 5.32 Å². The van der Waals surface area contributed by atoms with E-state index in [0.29, 0.717) is 24.6 Å². The van der Waals surface area contributed by atoms with Crippen LogP contribution in [0.15, 0.2) is 24.3 Å². The average molecular weight is 290 g/mol. The van der Waals surface area contributed by atoms with Crippen LogP contribution >= 0.6 is 0 Å². The van der Waals surface area contributed by atoms with Gasteiger partial charge in [0.1, 0.15) is 5.75 Å². The van der Waals surface area contributed by atoms with E-state index in [4.69, 9.17) is 10.5 Å². The van der Waals surface area contributed by atoms with E-state index in [1.165, 1.54) is 12.8 Å². The summed E-state index contributed by atoms with van der Waals surface area (Å²) in [5, 5.41) is 3.01. The van der Waals surface area contributed by atoms with Crippen molar-refractivity contribution >= 4 is 5.91 Å². The first kappa shape index (κ1) is 15.8. The predicted octanol–water partition coefficient (Wildman–Crippen LogP) is 2.72. The number of carbonyl (C=O) groups excluding carboxylic acids is 1. The summed E-state index contributed by atoms with van der Waals surface area (Å²) in [7, 11) is 0. The van der Waals surface area contributed by atoms with Gasteiger partial charge in [-0.3, -0.25) is 4.79 Å². The van der Waals surface area contributed by atoms with E-state index in [9.17, 15) is 4.79 Å². The minimum absolute atomic E-state index is 0.0466. The van der Waals surface area contributed by atoms with E-state index >= 15 is 0 Å². The normalized spacial score (nSPS) is 21.8. The van der Waals surface area contributed by atoms with E-state index in [0.717, 1.165) is 25.0 Å². The summed E-state index contributed by atoms with van der Waals surface area (Å²) in [6, 6.07) is 7.56. The minimum Gasteiger partial charge on any atom is -0.494 e. The van der Waals surface area contributed by atoms with E-state index in [-0.39, 0.29) is 11.9 Å². The van der Waals surface area contributed by atoms with Crippen LogP contribution in [0.25, 0.3) is 0 Å². The van der Waals surface area contributed by atoms with Crippen molar-refractivity contribution in [2.24, 2.45) is 11.7 Å². The van der Waals surface area contributed by atoms with Crippen molar-refractivity contribution in [2.75, 3.05) is 13.2 Å². The molecule has 0 spiro atoms. The molecule has 1 saturated carbocycles. The molecule has 4 nitrogen and oxygen atoms in total. The lowest BCUT2D eigenvalue weighted by Gasteiger charge is -2.28. The van der Waals surface area contributed by atoms with E-state index in [1.807, 2.05) is 18.2 Å². The van der Waals surface area contributed by atoms with Crippen LogP contribution in [-0.2, 0) is 0 Å². The second-order valence-electron chi connectivity index (χ2n) is 5.79. The number of nitrogens with one attached hydrogen (secondary N) is 1. The highest BCUT2D eigenvalue weighted by atomic mass is 16.5. The maximum absolute atomic E-state index is 12.2. The largest absolute Gasteiger partial charge is 0.494 e. The molecule has 1 aliphatic rings. The Morgan fingerprint density at radius 1 is 1.38 bits per heavy atom. The molecule has 1 aromatic rings. The van der Waals surface area contributed by atoms with Gasteiger partial charge in [-0.05, 0) is 43.4 Å². The third kappa shape index (κ3) is 4.74. The molecule has 0 saturated heterocycles. The minimum atomic E-state index is -0.0466.